The van der Waals surface area contributed by atoms with Gasteiger partial charge >= 0.3 is 0 Å². The van der Waals surface area contributed by atoms with Gasteiger partial charge in [-0.3, -0.25) is 0 Å². The third-order valence-corrected chi connectivity index (χ3v) is 3.81. The highest BCUT2D eigenvalue weighted by atomic mass is 15.2. The summed E-state index contributed by atoms with van der Waals surface area (Å²) in [5.74, 6) is 0. The number of hydrogen-bond donors (Lipinski definition) is 1. The summed E-state index contributed by atoms with van der Waals surface area (Å²) in [7, 11) is 0. The van der Waals surface area contributed by atoms with E-state index in [2.05, 4.69) is 33.6 Å². The predicted molar refractivity (Wildman–Crippen MR) is 74.6 cm³/mol. The summed E-state index contributed by atoms with van der Waals surface area (Å²) in [5.41, 5.74) is 1.36. The zero-order valence-corrected chi connectivity index (χ0v) is 11.7. The van der Waals surface area contributed by atoms with Crippen molar-refractivity contribution in [3.63, 3.8) is 0 Å². The summed E-state index contributed by atoms with van der Waals surface area (Å²) in [6, 6.07) is 0.522. The van der Waals surface area contributed by atoms with Crippen LogP contribution in [-0.2, 0) is 6.54 Å². The van der Waals surface area contributed by atoms with Crippen LogP contribution in [0.3, 0.4) is 0 Å². The van der Waals surface area contributed by atoms with E-state index in [0.29, 0.717) is 6.04 Å². The first-order valence-electron chi connectivity index (χ1n) is 7.31. The third-order valence-electron chi connectivity index (χ3n) is 3.81. The van der Waals surface area contributed by atoms with Gasteiger partial charge in [0.1, 0.15) is 0 Å². The number of aromatic nitrogens is 2. The molecular formula is C14H26N4. The van der Waals surface area contributed by atoms with Gasteiger partial charge in [0.05, 0.1) is 12.0 Å². The molecule has 1 aromatic heterocycles. The van der Waals surface area contributed by atoms with Gasteiger partial charge in [-0.1, -0.05) is 13.8 Å². The Balaban J connectivity index is 1.90. The summed E-state index contributed by atoms with van der Waals surface area (Å²) in [4.78, 5) is 6.83. The maximum atomic E-state index is 4.32. The van der Waals surface area contributed by atoms with Gasteiger partial charge in [-0.2, -0.15) is 0 Å². The molecule has 0 aromatic carbocycles. The van der Waals surface area contributed by atoms with Crippen LogP contribution in [-0.4, -0.2) is 40.6 Å². The molecule has 2 rings (SSSR count). The molecule has 18 heavy (non-hydrogen) atoms. The summed E-state index contributed by atoms with van der Waals surface area (Å²) in [5, 5.41) is 3.55. The van der Waals surface area contributed by atoms with E-state index in [4.69, 9.17) is 0 Å². The van der Waals surface area contributed by atoms with Crippen molar-refractivity contribution in [1.29, 1.82) is 0 Å². The Labute approximate surface area is 110 Å². The fraction of sp³-hybridized carbons (Fsp3) is 0.786. The first-order chi connectivity index (χ1) is 8.85. The normalized spacial score (nSPS) is 19.8. The van der Waals surface area contributed by atoms with E-state index >= 15 is 0 Å². The largest absolute Gasteiger partial charge is 0.332 e. The van der Waals surface area contributed by atoms with Crippen LogP contribution >= 0.6 is 0 Å². The van der Waals surface area contributed by atoms with Crippen LogP contribution in [0.25, 0.3) is 0 Å². The molecule has 0 saturated carbocycles. The minimum Gasteiger partial charge on any atom is -0.332 e. The number of rotatable bonds is 7. The average Bonchev–Trinajstić information content (AvgIpc) is 3.04. The van der Waals surface area contributed by atoms with E-state index in [1.807, 2.05) is 12.5 Å². The minimum absolute atomic E-state index is 0.522. The van der Waals surface area contributed by atoms with E-state index < -0.39 is 0 Å². The van der Waals surface area contributed by atoms with Crippen LogP contribution in [0.5, 0.6) is 0 Å². The number of likely N-dealkylation sites (N-methyl/N-ethyl adjacent to an activating group) is 1. The lowest BCUT2D eigenvalue weighted by molar-refractivity contribution is 0.274. The maximum Gasteiger partial charge on any atom is 0.0949 e. The van der Waals surface area contributed by atoms with Crippen molar-refractivity contribution in [3.8, 4) is 0 Å². The molecule has 4 nitrogen and oxygen atoms in total. The van der Waals surface area contributed by atoms with Crippen molar-refractivity contribution in [2.45, 2.75) is 45.7 Å². The fourth-order valence-corrected chi connectivity index (χ4v) is 2.74. The Morgan fingerprint density at radius 2 is 2.33 bits per heavy atom. The van der Waals surface area contributed by atoms with Gasteiger partial charge in [0, 0.05) is 25.3 Å². The average molecular weight is 250 g/mol. The molecule has 102 valence electrons. The molecule has 1 aromatic rings. The Morgan fingerprint density at radius 1 is 1.44 bits per heavy atom. The lowest BCUT2D eigenvalue weighted by Gasteiger charge is -2.21. The Morgan fingerprint density at radius 3 is 3.00 bits per heavy atom. The van der Waals surface area contributed by atoms with Gasteiger partial charge in [0.2, 0.25) is 0 Å². The molecule has 2 heterocycles. The molecule has 0 amide bonds. The van der Waals surface area contributed by atoms with Crippen molar-refractivity contribution in [2.75, 3.05) is 26.2 Å². The SMILES string of the molecule is CCCN(CC)CCn1cncc1[C@@H]1CCCN1. The zero-order valence-electron chi connectivity index (χ0n) is 11.7. The molecule has 0 bridgehead atoms. The second-order valence-corrected chi connectivity index (χ2v) is 5.10. The smallest absolute Gasteiger partial charge is 0.0949 e. The highest BCUT2D eigenvalue weighted by molar-refractivity contribution is 5.07. The van der Waals surface area contributed by atoms with Gasteiger partial charge < -0.3 is 14.8 Å². The highest BCUT2D eigenvalue weighted by Gasteiger charge is 2.19. The van der Waals surface area contributed by atoms with Crippen molar-refractivity contribution in [3.05, 3.63) is 18.2 Å². The van der Waals surface area contributed by atoms with Crippen LogP contribution in [0, 0.1) is 0 Å². The van der Waals surface area contributed by atoms with Gasteiger partial charge in [-0.05, 0) is 38.9 Å². The molecule has 1 N–H and O–H groups in total. The Kier molecular flexibility index (Phi) is 5.20. The third kappa shape index (κ3) is 3.33. The molecule has 0 aliphatic carbocycles. The molecule has 0 radical (unpaired) electrons. The standard InChI is InChI=1S/C14H26N4/c1-3-8-17(4-2)9-10-18-12-15-11-14(18)13-6-5-7-16-13/h11-13,16H,3-10H2,1-2H3/t13-/m0/s1. The maximum absolute atomic E-state index is 4.32. The first-order valence-corrected chi connectivity index (χ1v) is 7.31. The van der Waals surface area contributed by atoms with Gasteiger partial charge in [0.25, 0.3) is 0 Å². The van der Waals surface area contributed by atoms with Crippen LogP contribution < -0.4 is 5.32 Å². The van der Waals surface area contributed by atoms with Crippen molar-refractivity contribution in [1.82, 2.24) is 19.8 Å². The first kappa shape index (κ1) is 13.6. The van der Waals surface area contributed by atoms with Crippen LogP contribution in [0.1, 0.15) is 44.8 Å². The van der Waals surface area contributed by atoms with E-state index in [1.54, 1.807) is 0 Å². The van der Waals surface area contributed by atoms with Gasteiger partial charge in [0.15, 0.2) is 0 Å². The lowest BCUT2D eigenvalue weighted by Crippen LogP contribution is -2.29. The van der Waals surface area contributed by atoms with E-state index in [1.165, 1.54) is 31.5 Å². The van der Waals surface area contributed by atoms with Crippen molar-refractivity contribution in [2.24, 2.45) is 0 Å². The Hall–Kier alpha value is -0.870. The van der Waals surface area contributed by atoms with Gasteiger partial charge in [-0.25, -0.2) is 4.98 Å². The molecular weight excluding hydrogens is 224 g/mol. The zero-order chi connectivity index (χ0) is 12.8. The topological polar surface area (TPSA) is 33.1 Å². The lowest BCUT2D eigenvalue weighted by atomic mass is 10.2. The fourth-order valence-electron chi connectivity index (χ4n) is 2.74. The van der Waals surface area contributed by atoms with Crippen LogP contribution in [0.15, 0.2) is 12.5 Å². The number of nitrogens with one attached hydrogen (secondary N) is 1. The minimum atomic E-state index is 0.522. The summed E-state index contributed by atoms with van der Waals surface area (Å²) in [6.07, 6.45) is 7.77. The summed E-state index contributed by atoms with van der Waals surface area (Å²) >= 11 is 0. The molecule has 4 heteroatoms. The molecule has 1 saturated heterocycles. The van der Waals surface area contributed by atoms with E-state index in [-0.39, 0.29) is 0 Å². The highest BCUT2D eigenvalue weighted by Crippen LogP contribution is 2.22. The van der Waals surface area contributed by atoms with Crippen LogP contribution in [0.4, 0.5) is 0 Å². The molecule has 1 atom stereocenters. The molecule has 0 unspecified atom stereocenters. The van der Waals surface area contributed by atoms with Crippen molar-refractivity contribution >= 4 is 0 Å². The number of hydrogen-bond acceptors (Lipinski definition) is 3. The van der Waals surface area contributed by atoms with Crippen LogP contribution in [0.2, 0.25) is 0 Å². The van der Waals surface area contributed by atoms with E-state index in [0.717, 1.165) is 26.2 Å². The number of imidazole rings is 1. The second kappa shape index (κ2) is 6.90. The molecule has 0 spiro atoms. The summed E-state index contributed by atoms with van der Waals surface area (Å²) in [6.45, 7) is 10.1. The predicted octanol–water partition coefficient (Wildman–Crippen LogP) is 2.04. The van der Waals surface area contributed by atoms with Crippen molar-refractivity contribution < 1.29 is 0 Å². The summed E-state index contributed by atoms with van der Waals surface area (Å²) < 4.78 is 2.32. The molecule has 1 aliphatic rings. The monoisotopic (exact) mass is 250 g/mol. The van der Waals surface area contributed by atoms with E-state index in [9.17, 15) is 0 Å². The molecule has 1 fully saturated rings. The number of nitrogens with zero attached hydrogens (tertiary/aromatic N) is 3. The quantitative estimate of drug-likeness (QED) is 0.804. The second-order valence-electron chi connectivity index (χ2n) is 5.10. The van der Waals surface area contributed by atoms with Gasteiger partial charge in [-0.15, -0.1) is 0 Å². The Bertz CT molecular complexity index is 341. The molecule has 1 aliphatic heterocycles.